The Balaban J connectivity index is 2.24. The van der Waals surface area contributed by atoms with Gasteiger partial charge in [-0.2, -0.15) is 5.10 Å². The van der Waals surface area contributed by atoms with Crippen LogP contribution in [0.15, 0.2) is 24.5 Å². The first-order valence-corrected chi connectivity index (χ1v) is 6.01. The van der Waals surface area contributed by atoms with Gasteiger partial charge in [0.2, 0.25) is 5.88 Å². The average Bonchev–Trinajstić information content (AvgIpc) is 2.76. The molecule has 0 aliphatic heterocycles. The van der Waals surface area contributed by atoms with E-state index in [1.54, 1.807) is 23.0 Å². The van der Waals surface area contributed by atoms with E-state index in [0.717, 1.165) is 5.69 Å². The molecule has 0 fully saturated rings. The summed E-state index contributed by atoms with van der Waals surface area (Å²) in [5, 5.41) is 11.6. The molecule has 0 aromatic carbocycles. The van der Waals surface area contributed by atoms with Crippen LogP contribution in [0.1, 0.15) is 31.1 Å². The summed E-state index contributed by atoms with van der Waals surface area (Å²) in [6.45, 7) is 5.90. The van der Waals surface area contributed by atoms with Gasteiger partial charge in [0.1, 0.15) is 5.84 Å². The molecule has 3 N–H and O–H groups in total. The van der Waals surface area contributed by atoms with Crippen molar-refractivity contribution in [2.45, 2.75) is 26.8 Å². The smallest absolute Gasteiger partial charge is 0.220 e. The molecule has 0 spiro atoms. The van der Waals surface area contributed by atoms with E-state index in [4.69, 9.17) is 15.9 Å². The van der Waals surface area contributed by atoms with E-state index in [-0.39, 0.29) is 11.9 Å². The zero-order valence-corrected chi connectivity index (χ0v) is 11.2. The number of hydrogen-bond donors (Lipinski definition) is 2. The van der Waals surface area contributed by atoms with Crippen molar-refractivity contribution in [3.05, 3.63) is 35.8 Å². The molecule has 0 bridgehead atoms. The normalized spacial score (nSPS) is 10.7. The van der Waals surface area contributed by atoms with Crippen LogP contribution < -0.4 is 10.5 Å². The van der Waals surface area contributed by atoms with Crippen molar-refractivity contribution in [3.8, 4) is 11.6 Å². The first-order chi connectivity index (χ1) is 8.95. The monoisotopic (exact) mass is 259 g/mol. The van der Waals surface area contributed by atoms with Gasteiger partial charge in [0.15, 0.2) is 5.75 Å². The standard InChI is InChI=1S/C13H17N5O/c1-8(2)18-7-11(6-16-18)19-12-5-10(13(14)15)4-9(3)17-12/h4-8H,1-3H3,(H3,14,15). The molecule has 2 aromatic heterocycles. The molecule has 0 saturated carbocycles. The van der Waals surface area contributed by atoms with E-state index < -0.39 is 0 Å². The Kier molecular flexibility index (Phi) is 3.50. The van der Waals surface area contributed by atoms with Gasteiger partial charge in [0, 0.05) is 23.4 Å². The summed E-state index contributed by atoms with van der Waals surface area (Å²) in [7, 11) is 0. The molecule has 0 aliphatic rings. The third-order valence-electron chi connectivity index (χ3n) is 2.57. The van der Waals surface area contributed by atoms with Crippen LogP contribution in [-0.2, 0) is 0 Å². The highest BCUT2D eigenvalue weighted by molar-refractivity contribution is 5.95. The second kappa shape index (κ2) is 5.09. The summed E-state index contributed by atoms with van der Waals surface area (Å²) in [4.78, 5) is 4.25. The predicted molar refractivity (Wildman–Crippen MR) is 72.7 cm³/mol. The number of nitrogens with zero attached hydrogens (tertiary/aromatic N) is 3. The second-order valence-electron chi connectivity index (χ2n) is 4.60. The molecule has 0 saturated heterocycles. The Labute approximate surface area is 111 Å². The third-order valence-corrected chi connectivity index (χ3v) is 2.57. The molecule has 19 heavy (non-hydrogen) atoms. The van der Waals surface area contributed by atoms with Gasteiger partial charge in [0.25, 0.3) is 0 Å². The highest BCUT2D eigenvalue weighted by Gasteiger charge is 2.07. The fraction of sp³-hybridized carbons (Fsp3) is 0.308. The van der Waals surface area contributed by atoms with E-state index in [1.165, 1.54) is 0 Å². The summed E-state index contributed by atoms with van der Waals surface area (Å²) in [5.41, 5.74) is 6.82. The lowest BCUT2D eigenvalue weighted by Gasteiger charge is -2.06. The van der Waals surface area contributed by atoms with E-state index in [2.05, 4.69) is 10.1 Å². The highest BCUT2D eigenvalue weighted by atomic mass is 16.5. The van der Waals surface area contributed by atoms with Crippen molar-refractivity contribution < 1.29 is 4.74 Å². The van der Waals surface area contributed by atoms with Gasteiger partial charge < -0.3 is 10.5 Å². The summed E-state index contributed by atoms with van der Waals surface area (Å²) >= 11 is 0. The van der Waals surface area contributed by atoms with Crippen molar-refractivity contribution in [1.82, 2.24) is 14.8 Å². The van der Waals surface area contributed by atoms with Crippen LogP contribution in [0.5, 0.6) is 11.6 Å². The topological polar surface area (TPSA) is 89.8 Å². The minimum Gasteiger partial charge on any atom is -0.436 e. The Morgan fingerprint density at radius 3 is 2.74 bits per heavy atom. The van der Waals surface area contributed by atoms with Crippen LogP contribution in [-0.4, -0.2) is 20.6 Å². The van der Waals surface area contributed by atoms with Gasteiger partial charge in [-0.3, -0.25) is 10.1 Å². The number of nitrogen functional groups attached to an aromatic ring is 1. The minimum atomic E-state index is -0.00627. The third kappa shape index (κ3) is 3.09. The zero-order chi connectivity index (χ0) is 14.0. The number of pyridine rings is 1. The number of nitrogens with two attached hydrogens (primary N) is 1. The van der Waals surface area contributed by atoms with Gasteiger partial charge in [-0.15, -0.1) is 0 Å². The molecule has 2 aromatic rings. The second-order valence-corrected chi connectivity index (χ2v) is 4.60. The van der Waals surface area contributed by atoms with E-state index >= 15 is 0 Å². The zero-order valence-electron chi connectivity index (χ0n) is 11.2. The first kappa shape index (κ1) is 13.1. The van der Waals surface area contributed by atoms with Crippen molar-refractivity contribution in [3.63, 3.8) is 0 Å². The Morgan fingerprint density at radius 1 is 1.42 bits per heavy atom. The number of rotatable bonds is 4. The maximum absolute atomic E-state index is 7.45. The van der Waals surface area contributed by atoms with Crippen LogP contribution in [0.3, 0.4) is 0 Å². The van der Waals surface area contributed by atoms with Crippen molar-refractivity contribution >= 4 is 5.84 Å². The average molecular weight is 259 g/mol. The predicted octanol–water partition coefficient (Wildman–Crippen LogP) is 2.24. The lowest BCUT2D eigenvalue weighted by Crippen LogP contribution is -2.11. The molecular weight excluding hydrogens is 242 g/mol. The molecule has 0 amide bonds. The van der Waals surface area contributed by atoms with Crippen LogP contribution in [0.4, 0.5) is 0 Å². The summed E-state index contributed by atoms with van der Waals surface area (Å²) in [6, 6.07) is 3.66. The minimum absolute atomic E-state index is 0.00627. The summed E-state index contributed by atoms with van der Waals surface area (Å²) in [6.07, 6.45) is 3.44. The SMILES string of the molecule is Cc1cc(C(=N)N)cc(Oc2cnn(C(C)C)c2)n1. The largest absolute Gasteiger partial charge is 0.436 e. The van der Waals surface area contributed by atoms with Crippen LogP contribution in [0, 0.1) is 12.3 Å². The van der Waals surface area contributed by atoms with Crippen molar-refractivity contribution in [2.75, 3.05) is 0 Å². The Bertz CT molecular complexity index is 603. The lowest BCUT2D eigenvalue weighted by atomic mass is 10.2. The highest BCUT2D eigenvalue weighted by Crippen LogP contribution is 2.21. The Morgan fingerprint density at radius 2 is 2.16 bits per heavy atom. The van der Waals surface area contributed by atoms with Gasteiger partial charge >= 0.3 is 0 Å². The fourth-order valence-electron chi connectivity index (χ4n) is 1.62. The maximum Gasteiger partial charge on any atom is 0.220 e. The van der Waals surface area contributed by atoms with Crippen LogP contribution in [0.2, 0.25) is 0 Å². The van der Waals surface area contributed by atoms with Crippen molar-refractivity contribution in [2.24, 2.45) is 5.73 Å². The number of hydrogen-bond acceptors (Lipinski definition) is 4. The number of amidine groups is 1. The van der Waals surface area contributed by atoms with Gasteiger partial charge in [0.05, 0.1) is 12.4 Å². The van der Waals surface area contributed by atoms with Crippen LogP contribution >= 0.6 is 0 Å². The molecule has 6 nitrogen and oxygen atoms in total. The molecule has 0 radical (unpaired) electrons. The maximum atomic E-state index is 7.45. The molecule has 2 rings (SSSR count). The molecular formula is C13H17N5O. The molecule has 0 aliphatic carbocycles. The van der Waals surface area contributed by atoms with Crippen LogP contribution in [0.25, 0.3) is 0 Å². The number of aryl methyl sites for hydroxylation is 1. The summed E-state index contributed by atoms with van der Waals surface area (Å²) < 4.78 is 7.44. The summed E-state index contributed by atoms with van der Waals surface area (Å²) in [5.74, 6) is 1.02. The molecule has 2 heterocycles. The molecule has 100 valence electrons. The number of ether oxygens (including phenoxy) is 1. The van der Waals surface area contributed by atoms with E-state index in [9.17, 15) is 0 Å². The number of nitrogens with one attached hydrogen (secondary N) is 1. The molecule has 0 unspecified atom stereocenters. The number of aromatic nitrogens is 3. The first-order valence-electron chi connectivity index (χ1n) is 6.01. The molecule has 6 heteroatoms. The van der Waals surface area contributed by atoms with Gasteiger partial charge in [-0.05, 0) is 26.8 Å². The van der Waals surface area contributed by atoms with Crippen molar-refractivity contribution in [1.29, 1.82) is 5.41 Å². The lowest BCUT2D eigenvalue weighted by molar-refractivity contribution is 0.457. The van der Waals surface area contributed by atoms with Gasteiger partial charge in [-0.1, -0.05) is 0 Å². The van der Waals surface area contributed by atoms with E-state index in [0.29, 0.717) is 17.2 Å². The Hall–Kier alpha value is -2.37. The fourth-order valence-corrected chi connectivity index (χ4v) is 1.62. The van der Waals surface area contributed by atoms with E-state index in [1.807, 2.05) is 27.0 Å². The van der Waals surface area contributed by atoms with Gasteiger partial charge in [-0.25, -0.2) is 4.98 Å². The molecule has 0 atom stereocenters. The quantitative estimate of drug-likeness (QED) is 0.651.